The molecular weight excluding hydrogens is 278 g/mol. The van der Waals surface area contributed by atoms with Crippen molar-refractivity contribution in [2.75, 3.05) is 17.2 Å². The Morgan fingerprint density at radius 2 is 1.82 bits per heavy atom. The Morgan fingerprint density at radius 3 is 2.55 bits per heavy atom. The van der Waals surface area contributed by atoms with E-state index >= 15 is 0 Å². The smallest absolute Gasteiger partial charge is 0.248 e. The van der Waals surface area contributed by atoms with Gasteiger partial charge in [-0.1, -0.05) is 18.2 Å². The number of carbonyl (C=O) groups excluding carboxylic acids is 2. The van der Waals surface area contributed by atoms with Crippen LogP contribution in [0.2, 0.25) is 0 Å². The molecule has 2 aromatic rings. The van der Waals surface area contributed by atoms with Crippen molar-refractivity contribution in [2.45, 2.75) is 13.8 Å². The van der Waals surface area contributed by atoms with Crippen LogP contribution in [-0.4, -0.2) is 18.4 Å². The number of anilines is 2. The minimum atomic E-state index is -0.524. The molecule has 0 aliphatic heterocycles. The van der Waals surface area contributed by atoms with E-state index in [2.05, 4.69) is 10.6 Å². The van der Waals surface area contributed by atoms with Gasteiger partial charge in [-0.05, 0) is 49.2 Å². The predicted molar refractivity (Wildman–Crippen MR) is 88.0 cm³/mol. The Balaban J connectivity index is 1.97. The topological polar surface area (TPSA) is 84.2 Å². The highest BCUT2D eigenvalue weighted by Crippen LogP contribution is 2.17. The van der Waals surface area contributed by atoms with Crippen molar-refractivity contribution in [3.05, 3.63) is 59.2 Å². The number of amides is 2. The normalized spacial score (nSPS) is 10.1. The number of aryl methyl sites for hydroxylation is 1. The highest BCUT2D eigenvalue weighted by atomic mass is 16.2. The second kappa shape index (κ2) is 6.76. The van der Waals surface area contributed by atoms with Gasteiger partial charge in [-0.3, -0.25) is 9.59 Å². The van der Waals surface area contributed by atoms with Crippen LogP contribution >= 0.6 is 0 Å². The molecule has 0 radical (unpaired) electrons. The van der Waals surface area contributed by atoms with Gasteiger partial charge >= 0.3 is 0 Å². The Morgan fingerprint density at radius 1 is 1.09 bits per heavy atom. The van der Waals surface area contributed by atoms with Crippen molar-refractivity contribution in [1.29, 1.82) is 0 Å². The fraction of sp³-hybridized carbons (Fsp3) is 0.176. The molecule has 0 spiro atoms. The molecule has 5 nitrogen and oxygen atoms in total. The number of benzene rings is 2. The number of nitrogens with one attached hydrogen (secondary N) is 2. The lowest BCUT2D eigenvalue weighted by molar-refractivity contribution is -0.114. The summed E-state index contributed by atoms with van der Waals surface area (Å²) in [5.41, 5.74) is 9.34. The molecule has 0 fully saturated rings. The SMILES string of the molecule is Cc1cccc(NCC(=O)Nc2cccc(C(N)=O)c2)c1C. The van der Waals surface area contributed by atoms with E-state index in [1.54, 1.807) is 24.3 Å². The molecule has 0 atom stereocenters. The van der Waals surface area contributed by atoms with E-state index in [4.69, 9.17) is 5.73 Å². The Bertz CT molecular complexity index is 711. The Labute approximate surface area is 129 Å². The van der Waals surface area contributed by atoms with Crippen LogP contribution in [0.25, 0.3) is 0 Å². The Hall–Kier alpha value is -2.82. The quantitative estimate of drug-likeness (QED) is 0.792. The van der Waals surface area contributed by atoms with Crippen LogP contribution in [0.15, 0.2) is 42.5 Å². The van der Waals surface area contributed by atoms with Crippen LogP contribution in [-0.2, 0) is 4.79 Å². The van der Waals surface area contributed by atoms with Crippen LogP contribution in [0.4, 0.5) is 11.4 Å². The maximum absolute atomic E-state index is 12.0. The first kappa shape index (κ1) is 15.6. The van der Waals surface area contributed by atoms with Gasteiger partial charge in [-0.15, -0.1) is 0 Å². The van der Waals surface area contributed by atoms with Crippen molar-refractivity contribution in [2.24, 2.45) is 5.73 Å². The zero-order chi connectivity index (χ0) is 16.1. The first-order chi connectivity index (χ1) is 10.5. The lowest BCUT2D eigenvalue weighted by Crippen LogP contribution is -2.22. The van der Waals surface area contributed by atoms with Crippen molar-refractivity contribution in [3.63, 3.8) is 0 Å². The maximum atomic E-state index is 12.0. The molecule has 4 N–H and O–H groups in total. The first-order valence-corrected chi connectivity index (χ1v) is 6.97. The number of nitrogens with two attached hydrogens (primary N) is 1. The summed E-state index contributed by atoms with van der Waals surface area (Å²) in [6, 6.07) is 12.4. The summed E-state index contributed by atoms with van der Waals surface area (Å²) in [6.45, 7) is 4.17. The highest BCUT2D eigenvalue weighted by Gasteiger charge is 2.06. The van der Waals surface area contributed by atoms with Crippen LogP contribution < -0.4 is 16.4 Å². The van der Waals surface area contributed by atoms with Crippen molar-refractivity contribution >= 4 is 23.2 Å². The fourth-order valence-corrected chi connectivity index (χ4v) is 2.07. The van der Waals surface area contributed by atoms with Crippen LogP contribution in [0.5, 0.6) is 0 Å². The van der Waals surface area contributed by atoms with Crippen LogP contribution in [0.3, 0.4) is 0 Å². The number of hydrogen-bond donors (Lipinski definition) is 3. The van der Waals surface area contributed by atoms with Gasteiger partial charge in [-0.25, -0.2) is 0 Å². The summed E-state index contributed by atoms with van der Waals surface area (Å²) in [7, 11) is 0. The monoisotopic (exact) mass is 297 g/mol. The van der Waals surface area contributed by atoms with Crippen LogP contribution in [0, 0.1) is 13.8 Å². The molecule has 2 aromatic carbocycles. The predicted octanol–water partition coefficient (Wildman–Crippen LogP) is 2.45. The van der Waals surface area contributed by atoms with Crippen molar-refractivity contribution in [1.82, 2.24) is 0 Å². The summed E-state index contributed by atoms with van der Waals surface area (Å²) >= 11 is 0. The van der Waals surface area contributed by atoms with Crippen molar-refractivity contribution < 1.29 is 9.59 Å². The molecule has 0 unspecified atom stereocenters. The van der Waals surface area contributed by atoms with Gasteiger partial charge in [0.05, 0.1) is 6.54 Å². The lowest BCUT2D eigenvalue weighted by Gasteiger charge is -2.12. The fourth-order valence-electron chi connectivity index (χ4n) is 2.07. The molecule has 5 heteroatoms. The van der Waals surface area contributed by atoms with Gasteiger partial charge in [0.25, 0.3) is 0 Å². The maximum Gasteiger partial charge on any atom is 0.248 e. The lowest BCUT2D eigenvalue weighted by atomic mass is 10.1. The van der Waals surface area contributed by atoms with Gasteiger partial charge in [0.1, 0.15) is 0 Å². The van der Waals surface area contributed by atoms with E-state index in [1.165, 1.54) is 5.56 Å². The Kier molecular flexibility index (Phi) is 4.78. The van der Waals surface area contributed by atoms with E-state index in [-0.39, 0.29) is 12.5 Å². The average Bonchev–Trinajstić information content (AvgIpc) is 2.49. The molecule has 0 aliphatic carbocycles. The third-order valence-electron chi connectivity index (χ3n) is 3.47. The zero-order valence-corrected chi connectivity index (χ0v) is 12.6. The van der Waals surface area contributed by atoms with Gasteiger partial charge in [-0.2, -0.15) is 0 Å². The molecule has 114 valence electrons. The van der Waals surface area contributed by atoms with Crippen molar-refractivity contribution in [3.8, 4) is 0 Å². The van der Waals surface area contributed by atoms with Crippen LogP contribution in [0.1, 0.15) is 21.5 Å². The summed E-state index contributed by atoms with van der Waals surface area (Å²) in [6.07, 6.45) is 0. The van der Waals surface area contributed by atoms with E-state index in [9.17, 15) is 9.59 Å². The second-order valence-corrected chi connectivity index (χ2v) is 5.09. The summed E-state index contributed by atoms with van der Waals surface area (Å²) in [4.78, 5) is 23.1. The van der Waals surface area contributed by atoms with E-state index in [0.29, 0.717) is 11.3 Å². The molecule has 22 heavy (non-hydrogen) atoms. The van der Waals surface area contributed by atoms with Gasteiger partial charge in [0, 0.05) is 16.9 Å². The molecule has 0 aromatic heterocycles. The van der Waals surface area contributed by atoms with Gasteiger partial charge in [0.2, 0.25) is 11.8 Å². The highest BCUT2D eigenvalue weighted by molar-refractivity contribution is 5.97. The van der Waals surface area contributed by atoms with Gasteiger partial charge in [0.15, 0.2) is 0 Å². The van der Waals surface area contributed by atoms with Gasteiger partial charge < -0.3 is 16.4 Å². The third kappa shape index (κ3) is 3.85. The summed E-state index contributed by atoms with van der Waals surface area (Å²) in [5, 5.41) is 5.84. The molecule has 0 aliphatic rings. The number of hydrogen-bond acceptors (Lipinski definition) is 3. The number of rotatable bonds is 5. The summed E-state index contributed by atoms with van der Waals surface area (Å²) in [5.74, 6) is -0.716. The summed E-state index contributed by atoms with van der Waals surface area (Å²) < 4.78 is 0. The largest absolute Gasteiger partial charge is 0.376 e. The average molecular weight is 297 g/mol. The first-order valence-electron chi connectivity index (χ1n) is 6.97. The van der Waals surface area contributed by atoms with E-state index in [1.807, 2.05) is 32.0 Å². The second-order valence-electron chi connectivity index (χ2n) is 5.09. The molecule has 0 bridgehead atoms. The molecule has 2 rings (SSSR count). The molecule has 0 heterocycles. The third-order valence-corrected chi connectivity index (χ3v) is 3.47. The minimum Gasteiger partial charge on any atom is -0.376 e. The minimum absolute atomic E-state index is 0.144. The van der Waals surface area contributed by atoms with E-state index < -0.39 is 5.91 Å². The van der Waals surface area contributed by atoms with E-state index in [0.717, 1.165) is 11.3 Å². The molecule has 0 saturated heterocycles. The molecule has 2 amide bonds. The number of primary amides is 1. The zero-order valence-electron chi connectivity index (χ0n) is 12.6. The standard InChI is InChI=1S/C17H19N3O2/c1-11-5-3-8-15(12(11)2)19-10-16(21)20-14-7-4-6-13(9-14)17(18)22/h3-9,19H,10H2,1-2H3,(H2,18,22)(H,20,21). The molecular formula is C17H19N3O2. The number of carbonyl (C=O) groups is 2. The molecule has 0 saturated carbocycles.